The van der Waals surface area contributed by atoms with Gasteiger partial charge in [-0.25, -0.2) is 8.42 Å². The Kier molecular flexibility index (Phi) is 2.11. The highest BCUT2D eigenvalue weighted by atomic mass is 35.7. The molecule has 2 rings (SSSR count). The molecule has 2 nitrogen and oxygen atoms in total. The summed E-state index contributed by atoms with van der Waals surface area (Å²) < 4.78 is 22.1. The van der Waals surface area contributed by atoms with Gasteiger partial charge in [-0.2, -0.15) is 0 Å². The highest BCUT2D eigenvalue weighted by Crippen LogP contribution is 2.48. The molecule has 12 heavy (non-hydrogen) atoms. The van der Waals surface area contributed by atoms with Crippen LogP contribution in [0.15, 0.2) is 0 Å². The van der Waals surface area contributed by atoms with Gasteiger partial charge in [0, 0.05) is 10.7 Å². The summed E-state index contributed by atoms with van der Waals surface area (Å²) in [7, 11) is 2.06. The van der Waals surface area contributed by atoms with Crippen LogP contribution in [0, 0.1) is 11.8 Å². The molecule has 0 radical (unpaired) electrons. The fourth-order valence-corrected chi connectivity index (χ4v) is 4.49. The van der Waals surface area contributed by atoms with E-state index in [1.165, 1.54) is 19.3 Å². The second-order valence-corrected chi connectivity index (χ2v) is 6.81. The SMILES string of the molecule is O=S(=O)(Cl)C1C[C@H]2CCCC[C@@H]12. The van der Waals surface area contributed by atoms with Crippen molar-refractivity contribution in [2.24, 2.45) is 11.8 Å². The molecule has 0 amide bonds. The topological polar surface area (TPSA) is 34.1 Å². The molecule has 0 saturated heterocycles. The maximum atomic E-state index is 11.0. The van der Waals surface area contributed by atoms with Crippen molar-refractivity contribution in [2.75, 3.05) is 0 Å². The van der Waals surface area contributed by atoms with Crippen molar-refractivity contribution in [1.29, 1.82) is 0 Å². The van der Waals surface area contributed by atoms with Crippen LogP contribution in [0.3, 0.4) is 0 Å². The predicted octanol–water partition coefficient (Wildman–Crippen LogP) is 2.13. The van der Waals surface area contributed by atoms with E-state index >= 15 is 0 Å². The molecule has 0 spiro atoms. The van der Waals surface area contributed by atoms with Crippen LogP contribution in [0.1, 0.15) is 32.1 Å². The van der Waals surface area contributed by atoms with Crippen LogP contribution in [-0.4, -0.2) is 13.7 Å². The van der Waals surface area contributed by atoms with Crippen molar-refractivity contribution < 1.29 is 8.42 Å². The molecule has 4 heteroatoms. The summed E-state index contributed by atoms with van der Waals surface area (Å²) in [5.41, 5.74) is 0. The molecular weight excluding hydrogens is 196 g/mol. The van der Waals surface area contributed by atoms with E-state index in [9.17, 15) is 8.42 Å². The zero-order valence-electron chi connectivity index (χ0n) is 6.87. The first-order valence-corrected chi connectivity index (χ1v) is 6.90. The molecule has 0 aromatic heterocycles. The smallest absolute Gasteiger partial charge is 0.212 e. The maximum absolute atomic E-state index is 11.0. The van der Waals surface area contributed by atoms with E-state index in [4.69, 9.17) is 10.7 Å². The van der Waals surface area contributed by atoms with Crippen LogP contribution < -0.4 is 0 Å². The standard InChI is InChI=1S/C8H13ClO2S/c9-12(10,11)8-5-6-3-1-2-4-7(6)8/h6-8H,1-5H2/t6-,7-,8?/m1/s1. The van der Waals surface area contributed by atoms with Gasteiger partial charge in [0.1, 0.15) is 0 Å². The molecule has 0 aromatic rings. The van der Waals surface area contributed by atoms with Crippen LogP contribution >= 0.6 is 10.7 Å². The van der Waals surface area contributed by atoms with Gasteiger partial charge in [-0.3, -0.25) is 0 Å². The molecule has 2 aliphatic rings. The summed E-state index contributed by atoms with van der Waals surface area (Å²) >= 11 is 0. The zero-order chi connectivity index (χ0) is 8.77. The van der Waals surface area contributed by atoms with Crippen LogP contribution in [0.5, 0.6) is 0 Å². The first kappa shape index (κ1) is 8.82. The van der Waals surface area contributed by atoms with Crippen LogP contribution in [-0.2, 0) is 9.05 Å². The minimum atomic E-state index is -3.26. The monoisotopic (exact) mass is 208 g/mol. The van der Waals surface area contributed by atoms with Gasteiger partial charge in [-0.1, -0.05) is 19.3 Å². The van der Waals surface area contributed by atoms with E-state index in [0.29, 0.717) is 11.8 Å². The molecule has 0 aromatic carbocycles. The lowest BCUT2D eigenvalue weighted by atomic mass is 9.65. The maximum Gasteiger partial charge on any atom is 0.235 e. The van der Waals surface area contributed by atoms with Crippen molar-refractivity contribution in [3.8, 4) is 0 Å². The molecule has 2 fully saturated rings. The third kappa shape index (κ3) is 1.37. The second kappa shape index (κ2) is 2.88. The van der Waals surface area contributed by atoms with Gasteiger partial charge in [0.2, 0.25) is 9.05 Å². The lowest BCUT2D eigenvalue weighted by Crippen LogP contribution is -2.46. The van der Waals surface area contributed by atoms with Gasteiger partial charge in [0.15, 0.2) is 0 Å². The Labute approximate surface area is 77.7 Å². The molecular formula is C8H13ClO2S. The zero-order valence-corrected chi connectivity index (χ0v) is 8.44. The Morgan fingerprint density at radius 2 is 1.83 bits per heavy atom. The van der Waals surface area contributed by atoms with E-state index in [2.05, 4.69) is 0 Å². The molecule has 1 unspecified atom stereocenters. The van der Waals surface area contributed by atoms with Gasteiger partial charge in [-0.15, -0.1) is 0 Å². The van der Waals surface area contributed by atoms with E-state index in [-0.39, 0.29) is 5.25 Å². The van der Waals surface area contributed by atoms with E-state index in [1.807, 2.05) is 0 Å². The third-order valence-electron chi connectivity index (χ3n) is 3.34. The van der Waals surface area contributed by atoms with Crippen molar-refractivity contribution >= 4 is 19.7 Å². The van der Waals surface area contributed by atoms with Crippen LogP contribution in [0.4, 0.5) is 0 Å². The average molecular weight is 209 g/mol. The highest BCUT2D eigenvalue weighted by Gasteiger charge is 2.47. The Balaban J connectivity index is 2.06. The van der Waals surface area contributed by atoms with Gasteiger partial charge < -0.3 is 0 Å². The number of hydrogen-bond donors (Lipinski definition) is 0. The number of fused-ring (bicyclic) bond motifs is 1. The number of rotatable bonds is 1. The normalized spacial score (nSPS) is 41.6. The van der Waals surface area contributed by atoms with Crippen molar-refractivity contribution in [2.45, 2.75) is 37.4 Å². The number of hydrogen-bond acceptors (Lipinski definition) is 2. The average Bonchev–Trinajstić information content (AvgIpc) is 1.88. The van der Waals surface area contributed by atoms with Gasteiger partial charge in [0.05, 0.1) is 5.25 Å². The minimum Gasteiger partial charge on any atom is -0.212 e. The Hall–Kier alpha value is 0.240. The third-order valence-corrected chi connectivity index (χ3v) is 5.29. The first-order valence-electron chi connectivity index (χ1n) is 4.52. The fourth-order valence-electron chi connectivity index (χ4n) is 2.62. The molecule has 0 bridgehead atoms. The minimum absolute atomic E-state index is 0.218. The van der Waals surface area contributed by atoms with Gasteiger partial charge >= 0.3 is 0 Å². The first-order chi connectivity index (χ1) is 5.59. The summed E-state index contributed by atoms with van der Waals surface area (Å²) in [6, 6.07) is 0. The summed E-state index contributed by atoms with van der Waals surface area (Å²) in [5.74, 6) is 1.05. The second-order valence-electron chi connectivity index (χ2n) is 3.96. The van der Waals surface area contributed by atoms with Gasteiger partial charge in [-0.05, 0) is 24.7 Å². The molecule has 0 N–H and O–H groups in total. The molecule has 3 atom stereocenters. The lowest BCUT2D eigenvalue weighted by Gasteiger charge is -2.46. The largest absolute Gasteiger partial charge is 0.235 e. The Bertz CT molecular complexity index is 273. The van der Waals surface area contributed by atoms with E-state index in [0.717, 1.165) is 12.8 Å². The van der Waals surface area contributed by atoms with E-state index < -0.39 is 9.05 Å². The quantitative estimate of drug-likeness (QED) is 0.619. The predicted molar refractivity (Wildman–Crippen MR) is 48.6 cm³/mol. The van der Waals surface area contributed by atoms with Crippen molar-refractivity contribution in [1.82, 2.24) is 0 Å². The number of halogens is 1. The lowest BCUT2D eigenvalue weighted by molar-refractivity contribution is 0.121. The summed E-state index contributed by atoms with van der Waals surface area (Å²) in [6.45, 7) is 0. The highest BCUT2D eigenvalue weighted by molar-refractivity contribution is 8.14. The molecule has 2 saturated carbocycles. The summed E-state index contributed by atoms with van der Waals surface area (Å²) in [4.78, 5) is 0. The molecule has 2 aliphatic carbocycles. The van der Waals surface area contributed by atoms with E-state index in [1.54, 1.807) is 0 Å². The Morgan fingerprint density at radius 3 is 2.42 bits per heavy atom. The van der Waals surface area contributed by atoms with Crippen molar-refractivity contribution in [3.63, 3.8) is 0 Å². The van der Waals surface area contributed by atoms with Crippen LogP contribution in [0.25, 0.3) is 0 Å². The van der Waals surface area contributed by atoms with Crippen LogP contribution in [0.2, 0.25) is 0 Å². The Morgan fingerprint density at radius 1 is 1.17 bits per heavy atom. The molecule has 0 heterocycles. The summed E-state index contributed by atoms with van der Waals surface area (Å²) in [5, 5.41) is -0.218. The summed E-state index contributed by atoms with van der Waals surface area (Å²) in [6.07, 6.45) is 5.56. The molecule has 70 valence electrons. The van der Waals surface area contributed by atoms with Crippen molar-refractivity contribution in [3.05, 3.63) is 0 Å². The van der Waals surface area contributed by atoms with Gasteiger partial charge in [0.25, 0.3) is 0 Å². The fraction of sp³-hybridized carbons (Fsp3) is 1.00. The molecule has 0 aliphatic heterocycles.